The Morgan fingerprint density at radius 2 is 2.12 bits per heavy atom. The molecule has 3 rings (SSSR count). The van der Waals surface area contributed by atoms with Gasteiger partial charge in [0, 0.05) is 24.7 Å². The number of nitrogens with zero attached hydrogens (tertiary/aromatic N) is 1. The summed E-state index contributed by atoms with van der Waals surface area (Å²) in [4.78, 5) is 26.2. The van der Waals surface area contributed by atoms with Crippen molar-refractivity contribution in [2.75, 3.05) is 7.05 Å². The average molecular weight is 334 g/mol. The Morgan fingerprint density at radius 3 is 2.92 bits per heavy atom. The highest BCUT2D eigenvalue weighted by Gasteiger charge is 2.38. The number of fused-ring (bicyclic) bond motifs is 1. The van der Waals surface area contributed by atoms with Crippen molar-refractivity contribution in [3.8, 4) is 0 Å². The van der Waals surface area contributed by atoms with Crippen LogP contribution in [0.2, 0.25) is 0 Å². The first kappa shape index (κ1) is 16.6. The van der Waals surface area contributed by atoms with E-state index in [4.69, 9.17) is 0 Å². The molecule has 128 valence electrons. The Morgan fingerprint density at radius 1 is 1.33 bits per heavy atom. The highest BCUT2D eigenvalue weighted by Crippen LogP contribution is 2.36. The van der Waals surface area contributed by atoms with Gasteiger partial charge in [0.15, 0.2) is 0 Å². The second kappa shape index (κ2) is 6.71. The molecule has 0 aromatic heterocycles. The zero-order chi connectivity index (χ0) is 17.3. The Bertz CT molecular complexity index is 715. The zero-order valence-corrected chi connectivity index (χ0v) is 13.6. The fourth-order valence-electron chi connectivity index (χ4n) is 3.55. The third kappa shape index (κ3) is 3.18. The minimum atomic E-state index is -0.567. The van der Waals surface area contributed by atoms with Crippen molar-refractivity contribution in [2.45, 2.75) is 44.7 Å². The number of carbonyl (C=O) groups is 2. The molecule has 1 aromatic carbocycles. The molecule has 1 heterocycles. The molecular formula is C18H20F2N2O2. The molecule has 0 saturated heterocycles. The summed E-state index contributed by atoms with van der Waals surface area (Å²) in [6, 6.07) is 3.24. The Labute approximate surface area is 139 Å². The molecule has 0 bridgehead atoms. The Hall–Kier alpha value is -2.24. The van der Waals surface area contributed by atoms with Crippen LogP contribution >= 0.6 is 0 Å². The zero-order valence-electron chi connectivity index (χ0n) is 13.6. The summed E-state index contributed by atoms with van der Waals surface area (Å²) < 4.78 is 26.7. The summed E-state index contributed by atoms with van der Waals surface area (Å²) >= 11 is 0. The molecular weight excluding hydrogens is 314 g/mol. The first-order valence-corrected chi connectivity index (χ1v) is 8.17. The van der Waals surface area contributed by atoms with E-state index in [-0.39, 0.29) is 36.4 Å². The van der Waals surface area contributed by atoms with Crippen LogP contribution in [0.1, 0.15) is 37.7 Å². The van der Waals surface area contributed by atoms with E-state index in [1.165, 1.54) is 0 Å². The molecule has 1 unspecified atom stereocenters. The Kier molecular flexibility index (Phi) is 4.64. The maximum absolute atomic E-state index is 13.6. The third-order valence-electron chi connectivity index (χ3n) is 4.83. The van der Waals surface area contributed by atoms with E-state index in [0.29, 0.717) is 5.57 Å². The standard InChI is InChI=1S/C18H20F2N2O2/c1-22-16-5-3-2-4-13(16)14(18(22)24)9-17(23)21-10-11-8-12(19)6-7-15(11)20/h6-8,16H,2-5,9-10H2,1H3,(H,21,23). The van der Waals surface area contributed by atoms with Crippen molar-refractivity contribution in [2.24, 2.45) is 0 Å². The number of hydrogen-bond acceptors (Lipinski definition) is 2. The predicted octanol–water partition coefficient (Wildman–Crippen LogP) is 2.68. The molecule has 4 nitrogen and oxygen atoms in total. The topological polar surface area (TPSA) is 49.4 Å². The second-order valence-electron chi connectivity index (χ2n) is 6.37. The van der Waals surface area contributed by atoms with Gasteiger partial charge in [0.2, 0.25) is 5.91 Å². The van der Waals surface area contributed by atoms with Gasteiger partial charge in [-0.3, -0.25) is 9.59 Å². The number of rotatable bonds is 4. The molecule has 0 radical (unpaired) electrons. The molecule has 6 heteroatoms. The molecule has 1 aliphatic carbocycles. The molecule has 1 fully saturated rings. The lowest BCUT2D eigenvalue weighted by Crippen LogP contribution is -2.33. The fourth-order valence-corrected chi connectivity index (χ4v) is 3.55. The smallest absolute Gasteiger partial charge is 0.250 e. The number of hydrogen-bond donors (Lipinski definition) is 1. The van der Waals surface area contributed by atoms with Crippen LogP contribution in [0.5, 0.6) is 0 Å². The normalized spacial score (nSPS) is 20.4. The number of benzene rings is 1. The molecule has 2 amide bonds. The van der Waals surface area contributed by atoms with Crippen molar-refractivity contribution >= 4 is 11.8 Å². The average Bonchev–Trinajstić information content (AvgIpc) is 2.81. The van der Waals surface area contributed by atoms with Gasteiger partial charge in [-0.25, -0.2) is 8.78 Å². The summed E-state index contributed by atoms with van der Waals surface area (Å²) in [5.41, 5.74) is 1.73. The quantitative estimate of drug-likeness (QED) is 0.920. The van der Waals surface area contributed by atoms with Crippen LogP contribution in [0.25, 0.3) is 0 Å². The molecule has 24 heavy (non-hydrogen) atoms. The number of carbonyl (C=O) groups excluding carboxylic acids is 2. The molecule has 1 atom stereocenters. The first-order valence-electron chi connectivity index (χ1n) is 8.17. The van der Waals surface area contributed by atoms with Crippen molar-refractivity contribution in [1.82, 2.24) is 10.2 Å². The maximum Gasteiger partial charge on any atom is 0.250 e. The number of likely N-dealkylation sites (N-methyl/N-ethyl adjacent to an activating group) is 1. The molecule has 1 N–H and O–H groups in total. The maximum atomic E-state index is 13.6. The van der Waals surface area contributed by atoms with E-state index in [1.807, 2.05) is 0 Å². The van der Waals surface area contributed by atoms with Gasteiger partial charge in [-0.05, 0) is 43.0 Å². The van der Waals surface area contributed by atoms with Crippen LogP contribution in [0.4, 0.5) is 8.78 Å². The van der Waals surface area contributed by atoms with Gasteiger partial charge in [0.1, 0.15) is 11.6 Å². The summed E-state index contributed by atoms with van der Waals surface area (Å²) in [5, 5.41) is 2.57. The van der Waals surface area contributed by atoms with E-state index in [9.17, 15) is 18.4 Å². The first-order chi connectivity index (χ1) is 11.5. The van der Waals surface area contributed by atoms with Crippen molar-refractivity contribution in [3.05, 3.63) is 46.5 Å². The highest BCUT2D eigenvalue weighted by atomic mass is 19.1. The number of amides is 2. The van der Waals surface area contributed by atoms with Gasteiger partial charge >= 0.3 is 0 Å². The van der Waals surface area contributed by atoms with Gasteiger partial charge in [-0.2, -0.15) is 0 Å². The Balaban J connectivity index is 1.66. The van der Waals surface area contributed by atoms with Crippen LogP contribution in [0, 0.1) is 11.6 Å². The highest BCUT2D eigenvalue weighted by molar-refractivity contribution is 6.02. The molecule has 0 spiro atoms. The van der Waals surface area contributed by atoms with Gasteiger partial charge in [0.05, 0.1) is 12.5 Å². The van der Waals surface area contributed by atoms with E-state index < -0.39 is 11.6 Å². The molecule has 1 aliphatic heterocycles. The van der Waals surface area contributed by atoms with Crippen molar-refractivity contribution < 1.29 is 18.4 Å². The lowest BCUT2D eigenvalue weighted by Gasteiger charge is -2.26. The molecule has 1 saturated carbocycles. The fraction of sp³-hybridized carbons (Fsp3) is 0.444. The van der Waals surface area contributed by atoms with Crippen LogP contribution in [0.3, 0.4) is 0 Å². The van der Waals surface area contributed by atoms with Crippen LogP contribution in [-0.2, 0) is 16.1 Å². The number of halogens is 2. The van der Waals surface area contributed by atoms with Gasteiger partial charge in [0.25, 0.3) is 5.91 Å². The lowest BCUT2D eigenvalue weighted by molar-refractivity contribution is -0.128. The number of nitrogens with one attached hydrogen (secondary N) is 1. The van der Waals surface area contributed by atoms with Crippen molar-refractivity contribution in [1.29, 1.82) is 0 Å². The van der Waals surface area contributed by atoms with Crippen LogP contribution in [-0.4, -0.2) is 29.8 Å². The minimum absolute atomic E-state index is 0.00799. The van der Waals surface area contributed by atoms with Gasteiger partial charge in [-0.1, -0.05) is 6.42 Å². The van der Waals surface area contributed by atoms with E-state index in [2.05, 4.69) is 5.32 Å². The van der Waals surface area contributed by atoms with Gasteiger partial charge in [-0.15, -0.1) is 0 Å². The summed E-state index contributed by atoms with van der Waals surface area (Å²) in [6.45, 7) is -0.0987. The van der Waals surface area contributed by atoms with E-state index in [0.717, 1.165) is 49.5 Å². The SMILES string of the molecule is CN1C(=O)C(CC(=O)NCc2cc(F)ccc2F)=C2CCCCC21. The largest absolute Gasteiger partial charge is 0.352 e. The summed E-state index contributed by atoms with van der Waals surface area (Å²) in [5.74, 6) is -1.57. The molecule has 1 aromatic rings. The lowest BCUT2D eigenvalue weighted by atomic mass is 9.88. The summed E-state index contributed by atoms with van der Waals surface area (Å²) in [7, 11) is 1.77. The van der Waals surface area contributed by atoms with E-state index >= 15 is 0 Å². The predicted molar refractivity (Wildman–Crippen MR) is 84.9 cm³/mol. The van der Waals surface area contributed by atoms with Crippen LogP contribution < -0.4 is 5.32 Å². The third-order valence-corrected chi connectivity index (χ3v) is 4.83. The molecule has 2 aliphatic rings. The van der Waals surface area contributed by atoms with Crippen LogP contribution in [0.15, 0.2) is 29.3 Å². The monoisotopic (exact) mass is 334 g/mol. The van der Waals surface area contributed by atoms with Gasteiger partial charge < -0.3 is 10.2 Å². The van der Waals surface area contributed by atoms with E-state index in [1.54, 1.807) is 11.9 Å². The second-order valence-corrected chi connectivity index (χ2v) is 6.37. The summed E-state index contributed by atoms with van der Waals surface area (Å²) in [6.07, 6.45) is 3.90. The van der Waals surface area contributed by atoms with Crippen molar-refractivity contribution in [3.63, 3.8) is 0 Å². The minimum Gasteiger partial charge on any atom is -0.352 e.